The van der Waals surface area contributed by atoms with Crippen molar-refractivity contribution in [1.82, 2.24) is 24.9 Å². The van der Waals surface area contributed by atoms with Crippen molar-refractivity contribution in [3.63, 3.8) is 0 Å². The van der Waals surface area contributed by atoms with Crippen LogP contribution in [0.3, 0.4) is 0 Å². The Morgan fingerprint density at radius 2 is 2.03 bits per heavy atom. The number of nitrogen functional groups attached to an aromatic ring is 1. The highest BCUT2D eigenvalue weighted by atomic mass is 16.5. The van der Waals surface area contributed by atoms with E-state index in [4.69, 9.17) is 15.4 Å². The van der Waals surface area contributed by atoms with Gasteiger partial charge in [-0.15, -0.1) is 0 Å². The first-order chi connectivity index (χ1) is 15.4. The molecule has 0 bridgehead atoms. The first kappa shape index (κ1) is 21.0. The number of carbonyl (C=O) groups excluding carboxylic acids is 1. The minimum Gasteiger partial charge on any atom is -0.382 e. The first-order valence-electron chi connectivity index (χ1n) is 10.0. The Hall–Kier alpha value is -4.27. The summed E-state index contributed by atoms with van der Waals surface area (Å²) in [7, 11) is 0. The summed E-state index contributed by atoms with van der Waals surface area (Å²) in [4.78, 5) is 20.7. The molecule has 0 unspecified atom stereocenters. The molecular formula is C23H23N7O2. The van der Waals surface area contributed by atoms with E-state index in [2.05, 4.69) is 39.5 Å². The molecule has 9 heteroatoms. The van der Waals surface area contributed by atoms with Gasteiger partial charge in [0.15, 0.2) is 11.6 Å². The predicted octanol–water partition coefficient (Wildman–Crippen LogP) is 3.84. The summed E-state index contributed by atoms with van der Waals surface area (Å²) in [5.41, 5.74) is 11.5. The SMILES string of the molecule is CC(C)=CC(=O)Nc1cnc(-c2cc(-c3ccon3)n(Cc3ccccc3C)n2)nc1N. The van der Waals surface area contributed by atoms with Crippen LogP contribution in [0.5, 0.6) is 0 Å². The van der Waals surface area contributed by atoms with Gasteiger partial charge < -0.3 is 15.6 Å². The number of aryl methyl sites for hydroxylation is 1. The normalized spacial score (nSPS) is 10.7. The molecule has 3 aromatic heterocycles. The highest BCUT2D eigenvalue weighted by Gasteiger charge is 2.17. The van der Waals surface area contributed by atoms with Crippen LogP contribution in [0.1, 0.15) is 25.0 Å². The summed E-state index contributed by atoms with van der Waals surface area (Å²) in [6.07, 6.45) is 4.47. The lowest BCUT2D eigenvalue weighted by molar-refractivity contribution is -0.111. The smallest absolute Gasteiger partial charge is 0.248 e. The Morgan fingerprint density at radius 1 is 1.22 bits per heavy atom. The number of nitrogens with one attached hydrogen (secondary N) is 1. The van der Waals surface area contributed by atoms with Crippen LogP contribution in [0.2, 0.25) is 0 Å². The maximum absolute atomic E-state index is 12.0. The quantitative estimate of drug-likeness (QED) is 0.446. The van der Waals surface area contributed by atoms with Crippen LogP contribution in [0.4, 0.5) is 11.5 Å². The van der Waals surface area contributed by atoms with Gasteiger partial charge in [0.05, 0.1) is 18.4 Å². The maximum atomic E-state index is 12.0. The molecule has 4 aromatic rings. The van der Waals surface area contributed by atoms with E-state index in [1.165, 1.54) is 18.5 Å². The van der Waals surface area contributed by atoms with Crippen LogP contribution in [0, 0.1) is 6.92 Å². The molecule has 3 heterocycles. The number of carbonyl (C=O) groups is 1. The van der Waals surface area contributed by atoms with Crippen molar-refractivity contribution in [1.29, 1.82) is 0 Å². The number of benzene rings is 1. The van der Waals surface area contributed by atoms with Gasteiger partial charge in [0.2, 0.25) is 5.91 Å². The average Bonchev–Trinajstić information content (AvgIpc) is 3.40. The van der Waals surface area contributed by atoms with Crippen LogP contribution < -0.4 is 11.1 Å². The molecule has 162 valence electrons. The van der Waals surface area contributed by atoms with Gasteiger partial charge in [-0.2, -0.15) is 5.10 Å². The van der Waals surface area contributed by atoms with E-state index in [0.717, 1.165) is 22.4 Å². The van der Waals surface area contributed by atoms with Gasteiger partial charge in [0, 0.05) is 12.1 Å². The van der Waals surface area contributed by atoms with Gasteiger partial charge in [-0.25, -0.2) is 9.97 Å². The Balaban J connectivity index is 1.68. The van der Waals surface area contributed by atoms with Gasteiger partial charge in [0.25, 0.3) is 0 Å². The molecule has 9 nitrogen and oxygen atoms in total. The van der Waals surface area contributed by atoms with E-state index in [1.807, 2.05) is 36.7 Å². The monoisotopic (exact) mass is 429 g/mol. The Kier molecular flexibility index (Phi) is 5.80. The zero-order valence-electron chi connectivity index (χ0n) is 18.0. The fraction of sp³-hybridized carbons (Fsp3) is 0.174. The fourth-order valence-electron chi connectivity index (χ4n) is 3.19. The second kappa shape index (κ2) is 8.84. The third-order valence-corrected chi connectivity index (χ3v) is 4.79. The van der Waals surface area contributed by atoms with Gasteiger partial charge in [-0.3, -0.25) is 9.48 Å². The largest absolute Gasteiger partial charge is 0.382 e. The van der Waals surface area contributed by atoms with E-state index >= 15 is 0 Å². The van der Waals surface area contributed by atoms with Gasteiger partial charge in [-0.1, -0.05) is 35.0 Å². The van der Waals surface area contributed by atoms with Crippen LogP contribution in [-0.4, -0.2) is 30.8 Å². The molecule has 1 aromatic carbocycles. The maximum Gasteiger partial charge on any atom is 0.248 e. The molecular weight excluding hydrogens is 406 g/mol. The van der Waals surface area contributed by atoms with Crippen LogP contribution in [0.25, 0.3) is 22.9 Å². The number of amides is 1. The average molecular weight is 429 g/mol. The number of rotatable bonds is 6. The third-order valence-electron chi connectivity index (χ3n) is 4.79. The molecule has 3 N–H and O–H groups in total. The van der Waals surface area contributed by atoms with Crippen molar-refractivity contribution in [2.75, 3.05) is 11.1 Å². The van der Waals surface area contributed by atoms with Crippen LogP contribution >= 0.6 is 0 Å². The van der Waals surface area contributed by atoms with E-state index in [1.54, 1.807) is 6.07 Å². The minimum absolute atomic E-state index is 0.155. The van der Waals surface area contributed by atoms with Crippen molar-refractivity contribution in [3.8, 4) is 22.9 Å². The summed E-state index contributed by atoms with van der Waals surface area (Å²) in [6.45, 7) is 6.27. The Morgan fingerprint density at radius 3 is 2.72 bits per heavy atom. The second-order valence-electron chi connectivity index (χ2n) is 7.59. The molecule has 0 fully saturated rings. The molecule has 0 aliphatic heterocycles. The molecule has 1 amide bonds. The standard InChI is InChI=1S/C23H23N7O2/c1-14(2)10-21(31)26-19-12-25-23(27-22(19)24)18-11-20(17-8-9-32-29-17)30(28-18)13-16-7-5-4-6-15(16)3/h4-12H,13H2,1-3H3,(H,26,31)(H2,24,25,27). The molecule has 32 heavy (non-hydrogen) atoms. The summed E-state index contributed by atoms with van der Waals surface area (Å²) in [5, 5.41) is 11.4. The molecule has 4 rings (SSSR count). The van der Waals surface area contributed by atoms with Crippen molar-refractivity contribution in [3.05, 3.63) is 71.6 Å². The van der Waals surface area contributed by atoms with E-state index in [9.17, 15) is 4.79 Å². The predicted molar refractivity (Wildman–Crippen MR) is 122 cm³/mol. The van der Waals surface area contributed by atoms with Crippen molar-refractivity contribution in [2.45, 2.75) is 27.3 Å². The molecule has 0 atom stereocenters. The zero-order valence-corrected chi connectivity index (χ0v) is 18.0. The van der Waals surface area contributed by atoms with Gasteiger partial charge in [-0.05, 0) is 38.0 Å². The number of allylic oxidation sites excluding steroid dienone is 1. The van der Waals surface area contributed by atoms with Gasteiger partial charge in [0.1, 0.15) is 23.3 Å². The first-order valence-corrected chi connectivity index (χ1v) is 10.0. The molecule has 0 aliphatic carbocycles. The summed E-state index contributed by atoms with van der Waals surface area (Å²) >= 11 is 0. The highest BCUT2D eigenvalue weighted by Crippen LogP contribution is 2.26. The zero-order chi connectivity index (χ0) is 22.7. The fourth-order valence-corrected chi connectivity index (χ4v) is 3.19. The molecule has 0 saturated heterocycles. The van der Waals surface area contributed by atoms with E-state index in [-0.39, 0.29) is 11.7 Å². The number of nitrogens with two attached hydrogens (primary N) is 1. The Labute approximate surface area is 185 Å². The minimum atomic E-state index is -0.288. The number of hydrogen-bond donors (Lipinski definition) is 2. The van der Waals surface area contributed by atoms with E-state index in [0.29, 0.717) is 29.4 Å². The van der Waals surface area contributed by atoms with Crippen molar-refractivity contribution in [2.24, 2.45) is 0 Å². The molecule has 0 aliphatic rings. The number of hydrogen-bond acceptors (Lipinski definition) is 7. The van der Waals surface area contributed by atoms with Crippen molar-refractivity contribution < 1.29 is 9.32 Å². The summed E-state index contributed by atoms with van der Waals surface area (Å²) in [6, 6.07) is 11.7. The lowest BCUT2D eigenvalue weighted by Gasteiger charge is -2.08. The number of anilines is 2. The van der Waals surface area contributed by atoms with Crippen molar-refractivity contribution >= 4 is 17.4 Å². The van der Waals surface area contributed by atoms with E-state index < -0.39 is 0 Å². The van der Waals surface area contributed by atoms with Gasteiger partial charge >= 0.3 is 0 Å². The van der Waals surface area contributed by atoms with Crippen LogP contribution in [-0.2, 0) is 11.3 Å². The number of nitrogens with zero attached hydrogens (tertiary/aromatic N) is 5. The Bertz CT molecular complexity index is 1290. The number of aromatic nitrogens is 5. The summed E-state index contributed by atoms with van der Waals surface area (Å²) < 4.78 is 6.86. The lowest BCUT2D eigenvalue weighted by atomic mass is 10.1. The lowest BCUT2D eigenvalue weighted by Crippen LogP contribution is -2.12. The third kappa shape index (κ3) is 4.56. The second-order valence-corrected chi connectivity index (χ2v) is 7.59. The van der Waals surface area contributed by atoms with Crippen LogP contribution in [0.15, 0.2) is 65.0 Å². The topological polar surface area (TPSA) is 125 Å². The molecule has 0 saturated carbocycles. The molecule has 0 spiro atoms. The highest BCUT2D eigenvalue weighted by molar-refractivity contribution is 6.01. The summed E-state index contributed by atoms with van der Waals surface area (Å²) in [5.74, 6) is 0.210. The molecule has 0 radical (unpaired) electrons.